The zero-order chi connectivity index (χ0) is 10.1. The van der Waals surface area contributed by atoms with E-state index in [-0.39, 0.29) is 24.8 Å². The molecule has 0 radical (unpaired) electrons. The maximum atomic E-state index is 12.1. The molecule has 1 rings (SSSR count). The lowest BCUT2D eigenvalue weighted by Gasteiger charge is -2.09. The van der Waals surface area contributed by atoms with E-state index in [1.165, 1.54) is 0 Å². The molecule has 1 heterocycles. The predicted molar refractivity (Wildman–Crippen MR) is 43.9 cm³/mol. The van der Waals surface area contributed by atoms with Crippen molar-refractivity contribution in [2.75, 3.05) is 0 Å². The van der Waals surface area contributed by atoms with Gasteiger partial charge in [-0.2, -0.15) is 18.2 Å². The number of alkyl halides is 3. The van der Waals surface area contributed by atoms with Crippen LogP contribution in [-0.4, -0.2) is 16.3 Å². The van der Waals surface area contributed by atoms with Gasteiger partial charge in [-0.15, -0.1) is 12.4 Å². The van der Waals surface area contributed by atoms with Gasteiger partial charge in [0.05, 0.1) is 6.54 Å². The number of hydrogen-bond donors (Lipinski definition) is 1. The zero-order valence-corrected chi connectivity index (χ0v) is 8.02. The van der Waals surface area contributed by atoms with Crippen LogP contribution in [0.2, 0.25) is 0 Å². The molecule has 0 aliphatic rings. The van der Waals surface area contributed by atoms with Gasteiger partial charge in [-0.1, -0.05) is 5.16 Å². The van der Waals surface area contributed by atoms with Crippen LogP contribution in [0, 0.1) is 0 Å². The van der Waals surface area contributed by atoms with Gasteiger partial charge in [0.25, 0.3) is 0 Å². The lowest BCUT2D eigenvalue weighted by molar-refractivity contribution is -0.151. The van der Waals surface area contributed by atoms with Crippen LogP contribution in [0.1, 0.15) is 24.6 Å². The number of aromatic nitrogens is 2. The largest absolute Gasteiger partial charge is 0.400 e. The average Bonchev–Trinajstić information content (AvgIpc) is 2.48. The van der Waals surface area contributed by atoms with E-state index < -0.39 is 18.0 Å². The van der Waals surface area contributed by atoms with E-state index in [0.29, 0.717) is 0 Å². The molecule has 1 atom stereocenters. The maximum Gasteiger partial charge on any atom is 0.400 e. The van der Waals surface area contributed by atoms with Crippen LogP contribution < -0.4 is 5.73 Å². The molecule has 0 saturated carbocycles. The highest BCUT2D eigenvalue weighted by molar-refractivity contribution is 5.85. The van der Waals surface area contributed by atoms with Crippen LogP contribution in [0.3, 0.4) is 0 Å². The minimum Gasteiger partial charge on any atom is -0.339 e. The van der Waals surface area contributed by atoms with Crippen molar-refractivity contribution < 1.29 is 17.7 Å². The summed E-state index contributed by atoms with van der Waals surface area (Å²) in [6, 6.07) is 0. The van der Waals surface area contributed by atoms with Gasteiger partial charge >= 0.3 is 6.18 Å². The van der Waals surface area contributed by atoms with Crippen LogP contribution in [0.15, 0.2) is 4.52 Å². The molecule has 0 spiro atoms. The number of rotatable bonds is 2. The quantitative estimate of drug-likeness (QED) is 0.840. The van der Waals surface area contributed by atoms with E-state index in [9.17, 15) is 13.2 Å². The van der Waals surface area contributed by atoms with Crippen LogP contribution in [-0.2, 0) is 6.54 Å². The Morgan fingerprint density at radius 3 is 2.43 bits per heavy atom. The van der Waals surface area contributed by atoms with Crippen molar-refractivity contribution in [3.05, 3.63) is 11.7 Å². The molecule has 14 heavy (non-hydrogen) atoms. The second kappa shape index (κ2) is 4.61. The summed E-state index contributed by atoms with van der Waals surface area (Å²) in [4.78, 5) is 3.47. The van der Waals surface area contributed by atoms with Gasteiger partial charge in [-0.3, -0.25) is 0 Å². The molecule has 0 aliphatic heterocycles. The fourth-order valence-electron chi connectivity index (χ4n) is 0.666. The number of halogens is 4. The van der Waals surface area contributed by atoms with Crippen LogP contribution in [0.4, 0.5) is 13.2 Å². The SMILES string of the molecule is CC(c1nc(CN)no1)C(F)(F)F.Cl. The molecular formula is C6H9ClF3N3O. The Bertz CT molecular complexity index is 288. The molecule has 0 saturated heterocycles. The van der Waals surface area contributed by atoms with Crippen molar-refractivity contribution >= 4 is 12.4 Å². The summed E-state index contributed by atoms with van der Waals surface area (Å²) < 4.78 is 40.6. The highest BCUT2D eigenvalue weighted by atomic mass is 35.5. The normalized spacial score (nSPS) is 13.5. The van der Waals surface area contributed by atoms with Gasteiger partial charge in [-0.05, 0) is 6.92 Å². The topological polar surface area (TPSA) is 64.9 Å². The first kappa shape index (κ1) is 13.2. The molecule has 1 aromatic rings. The predicted octanol–water partition coefficient (Wildman–Crippen LogP) is 1.62. The van der Waals surface area contributed by atoms with E-state index in [1.807, 2.05) is 0 Å². The first-order valence-electron chi connectivity index (χ1n) is 3.54. The lowest BCUT2D eigenvalue weighted by atomic mass is 10.2. The molecule has 0 fully saturated rings. The van der Waals surface area contributed by atoms with Crippen molar-refractivity contribution in [3.8, 4) is 0 Å². The smallest absolute Gasteiger partial charge is 0.339 e. The Hall–Kier alpha value is -0.820. The van der Waals surface area contributed by atoms with E-state index in [1.54, 1.807) is 0 Å². The molecule has 2 N–H and O–H groups in total. The number of nitrogens with zero attached hydrogens (tertiary/aromatic N) is 2. The van der Waals surface area contributed by atoms with Gasteiger partial charge in [0.2, 0.25) is 5.89 Å². The third-order valence-corrected chi connectivity index (χ3v) is 1.53. The molecule has 8 heteroatoms. The Kier molecular flexibility index (Phi) is 4.34. The molecule has 1 unspecified atom stereocenters. The molecule has 1 aromatic heterocycles. The van der Waals surface area contributed by atoms with Gasteiger partial charge in [0, 0.05) is 0 Å². The van der Waals surface area contributed by atoms with Crippen LogP contribution in [0.5, 0.6) is 0 Å². The highest BCUT2D eigenvalue weighted by Gasteiger charge is 2.40. The van der Waals surface area contributed by atoms with Crippen molar-refractivity contribution in [1.29, 1.82) is 0 Å². The van der Waals surface area contributed by atoms with Gasteiger partial charge in [0.1, 0.15) is 5.92 Å². The minimum atomic E-state index is -4.36. The molecule has 0 bridgehead atoms. The first-order chi connectivity index (χ1) is 5.95. The summed E-state index contributed by atoms with van der Waals surface area (Å²) in [6.07, 6.45) is -4.36. The Labute approximate surface area is 84.1 Å². The summed E-state index contributed by atoms with van der Waals surface area (Å²) in [5, 5.41) is 3.26. The standard InChI is InChI=1S/C6H8F3N3O.ClH/c1-3(6(7,8)9)5-11-4(2-10)12-13-5;/h3H,2,10H2,1H3;1H. The lowest BCUT2D eigenvalue weighted by Crippen LogP contribution is -2.18. The van der Waals surface area contributed by atoms with Gasteiger partial charge < -0.3 is 10.3 Å². The minimum absolute atomic E-state index is 0. The average molecular weight is 232 g/mol. The number of hydrogen-bond acceptors (Lipinski definition) is 4. The zero-order valence-electron chi connectivity index (χ0n) is 7.21. The van der Waals surface area contributed by atoms with Gasteiger partial charge in [-0.25, -0.2) is 0 Å². The summed E-state index contributed by atoms with van der Waals surface area (Å²) in [5.74, 6) is -2.13. The molecular weight excluding hydrogens is 223 g/mol. The maximum absolute atomic E-state index is 12.1. The fraction of sp³-hybridized carbons (Fsp3) is 0.667. The number of nitrogens with two attached hydrogens (primary N) is 1. The second-order valence-corrected chi connectivity index (χ2v) is 2.52. The Morgan fingerprint density at radius 2 is 2.07 bits per heavy atom. The highest BCUT2D eigenvalue weighted by Crippen LogP contribution is 2.32. The summed E-state index contributed by atoms with van der Waals surface area (Å²) >= 11 is 0. The van der Waals surface area contributed by atoms with E-state index in [4.69, 9.17) is 5.73 Å². The summed E-state index contributed by atoms with van der Waals surface area (Å²) in [6.45, 7) is 0.919. The molecule has 82 valence electrons. The summed E-state index contributed by atoms with van der Waals surface area (Å²) in [5.41, 5.74) is 5.11. The van der Waals surface area contributed by atoms with Crippen molar-refractivity contribution in [1.82, 2.24) is 10.1 Å². The Balaban J connectivity index is 0.00000169. The summed E-state index contributed by atoms with van der Waals surface area (Å²) in [7, 11) is 0. The van der Waals surface area contributed by atoms with Gasteiger partial charge in [0.15, 0.2) is 5.82 Å². The van der Waals surface area contributed by atoms with Crippen molar-refractivity contribution in [3.63, 3.8) is 0 Å². The van der Waals surface area contributed by atoms with Crippen molar-refractivity contribution in [2.24, 2.45) is 5.73 Å². The van der Waals surface area contributed by atoms with Crippen LogP contribution in [0.25, 0.3) is 0 Å². The molecule has 0 aromatic carbocycles. The second-order valence-electron chi connectivity index (χ2n) is 2.52. The molecule has 0 amide bonds. The third-order valence-electron chi connectivity index (χ3n) is 1.53. The van der Waals surface area contributed by atoms with E-state index >= 15 is 0 Å². The molecule has 4 nitrogen and oxygen atoms in total. The van der Waals surface area contributed by atoms with Crippen molar-refractivity contribution in [2.45, 2.75) is 25.6 Å². The third kappa shape index (κ3) is 2.85. The Morgan fingerprint density at radius 1 is 1.50 bits per heavy atom. The molecule has 0 aliphatic carbocycles. The monoisotopic (exact) mass is 231 g/mol. The van der Waals surface area contributed by atoms with Crippen LogP contribution >= 0.6 is 12.4 Å². The fourth-order valence-corrected chi connectivity index (χ4v) is 0.666. The van der Waals surface area contributed by atoms with E-state index in [0.717, 1.165) is 6.92 Å². The van der Waals surface area contributed by atoms with E-state index in [2.05, 4.69) is 14.7 Å². The first-order valence-corrected chi connectivity index (χ1v) is 3.54.